The molecule has 0 aromatic rings. The number of allylic oxidation sites excluding steroid dienone is 1. The van der Waals surface area contributed by atoms with Crippen LogP contribution < -0.4 is 5.73 Å². The maximum absolute atomic E-state index is 11.7. The molecule has 9 atom stereocenters. The predicted molar refractivity (Wildman–Crippen MR) is 132 cm³/mol. The van der Waals surface area contributed by atoms with E-state index in [4.69, 9.17) is 5.73 Å². The van der Waals surface area contributed by atoms with Crippen molar-refractivity contribution < 1.29 is 50.0 Å². The van der Waals surface area contributed by atoms with Crippen molar-refractivity contribution in [2.45, 2.75) is 138 Å². The zero-order valence-electron chi connectivity index (χ0n) is 21.1. The smallest absolute Gasteiger partial charge is 0.354 e. The third-order valence-electron chi connectivity index (χ3n) is 7.25. The Kier molecular flexibility index (Phi) is 14.5. The van der Waals surface area contributed by atoms with E-state index in [1.54, 1.807) is 6.08 Å². The summed E-state index contributed by atoms with van der Waals surface area (Å²) in [6, 6.07) is -1.82. The van der Waals surface area contributed by atoms with E-state index in [2.05, 4.69) is 6.92 Å². The third-order valence-corrected chi connectivity index (χ3v) is 8.42. The van der Waals surface area contributed by atoms with E-state index >= 15 is 0 Å². The fraction of sp³-hybridized carbons (Fsp3) is 0.917. The van der Waals surface area contributed by atoms with Crippen LogP contribution in [0.15, 0.2) is 12.2 Å². The van der Waals surface area contributed by atoms with Crippen molar-refractivity contribution in [1.82, 2.24) is 0 Å². The van der Waals surface area contributed by atoms with Gasteiger partial charge in [-0.2, -0.15) is 0 Å². The van der Waals surface area contributed by atoms with E-state index in [-0.39, 0.29) is 0 Å². The molecule has 7 unspecified atom stereocenters. The van der Waals surface area contributed by atoms with Gasteiger partial charge in [-0.25, -0.2) is 9.13 Å². The van der Waals surface area contributed by atoms with Crippen LogP contribution >= 0.6 is 7.68 Å². The summed E-state index contributed by atoms with van der Waals surface area (Å²) in [4.78, 5) is 0. The number of nitrogens with two attached hydrogens (primary N) is 1. The second-order valence-corrected chi connectivity index (χ2v) is 11.1. The lowest BCUT2D eigenvalue weighted by atomic mass is 9.69. The highest BCUT2D eigenvalue weighted by Crippen LogP contribution is 2.49. The largest absolute Gasteiger partial charge is 0.388 e. The van der Waals surface area contributed by atoms with Crippen molar-refractivity contribution in [2.24, 2.45) is 5.73 Å². The van der Waals surface area contributed by atoms with E-state index in [1.807, 2.05) is 0 Å². The van der Waals surface area contributed by atoms with E-state index in [0.29, 0.717) is 6.42 Å². The summed E-state index contributed by atoms with van der Waals surface area (Å²) >= 11 is 0. The van der Waals surface area contributed by atoms with Crippen LogP contribution in [0.25, 0.3) is 0 Å². The van der Waals surface area contributed by atoms with Crippen LogP contribution in [-0.2, 0) is 9.13 Å². The lowest BCUT2D eigenvalue weighted by molar-refractivity contribution is -0.311. The van der Waals surface area contributed by atoms with Gasteiger partial charge in [0, 0.05) is 0 Å². The summed E-state index contributed by atoms with van der Waals surface area (Å²) in [7, 11) is -4.20. The Balaban J connectivity index is 2.58. The van der Waals surface area contributed by atoms with Gasteiger partial charge in [0.25, 0.3) is 0 Å². The van der Waals surface area contributed by atoms with E-state index < -0.39 is 61.3 Å². The summed E-state index contributed by atoms with van der Waals surface area (Å²) in [6.45, 7) is 2.20. The van der Waals surface area contributed by atoms with E-state index in [9.17, 15) is 50.0 Å². The lowest BCUT2D eigenvalue weighted by Gasteiger charge is -2.54. The molecule has 1 fully saturated rings. The summed E-state index contributed by atoms with van der Waals surface area (Å²) in [5, 5.41) is 78.7. The maximum atomic E-state index is 11.7. The number of aliphatic hydroxyl groups excluding tert-OH is 6. The number of unbranched alkanes of at least 4 members (excludes halogenated alkanes) is 11. The topological polar surface area (TPSA) is 222 Å². The SMILES string of the molecule is CCCCCCCCCCCCC/C=C/[C@@H](O)[C@H](N)C(O)C1(O)C(O)C(O)C(O)C(O)C1(O)P(=O)=O. The highest BCUT2D eigenvalue weighted by molar-refractivity contribution is 7.32. The summed E-state index contributed by atoms with van der Waals surface area (Å²) in [6.07, 6.45) is 2.32. The van der Waals surface area contributed by atoms with Crippen molar-refractivity contribution in [3.05, 3.63) is 12.2 Å². The van der Waals surface area contributed by atoms with E-state index in [1.165, 1.54) is 51.0 Å². The molecule has 0 aromatic heterocycles. The fourth-order valence-electron chi connectivity index (χ4n) is 4.74. The van der Waals surface area contributed by atoms with Gasteiger partial charge >= 0.3 is 7.68 Å². The molecule has 36 heavy (non-hydrogen) atoms. The van der Waals surface area contributed by atoms with Crippen LogP contribution in [0.5, 0.6) is 0 Å². The Hall–Kier alpha value is -0.720. The molecule has 0 spiro atoms. The van der Waals surface area contributed by atoms with Gasteiger partial charge < -0.3 is 46.6 Å². The Morgan fingerprint density at radius 1 is 0.806 bits per heavy atom. The Morgan fingerprint density at radius 2 is 1.25 bits per heavy atom. The summed E-state index contributed by atoms with van der Waals surface area (Å²) < 4.78 is 23.5. The summed E-state index contributed by atoms with van der Waals surface area (Å²) in [5.74, 6) is 0. The molecule has 0 amide bonds. The molecule has 212 valence electrons. The Bertz CT molecular complexity index is 730. The Morgan fingerprint density at radius 3 is 1.72 bits per heavy atom. The van der Waals surface area contributed by atoms with E-state index in [0.717, 1.165) is 25.7 Å². The average Bonchev–Trinajstić information content (AvgIpc) is 2.86. The molecule has 1 saturated carbocycles. The van der Waals surface area contributed by atoms with Gasteiger partial charge in [-0.15, -0.1) is 0 Å². The van der Waals surface area contributed by atoms with Gasteiger partial charge in [0.15, 0.2) is 5.60 Å². The van der Waals surface area contributed by atoms with Crippen molar-refractivity contribution in [3.63, 3.8) is 0 Å². The van der Waals surface area contributed by atoms with Crippen molar-refractivity contribution >= 4 is 7.68 Å². The van der Waals surface area contributed by atoms with Crippen LogP contribution in [0.2, 0.25) is 0 Å². The average molecular weight is 540 g/mol. The first-order chi connectivity index (χ1) is 16.9. The van der Waals surface area contributed by atoms with Gasteiger partial charge in [0.2, 0.25) is 5.34 Å². The number of hydrogen-bond acceptors (Lipinski definition) is 11. The quantitative estimate of drug-likeness (QED) is 0.0696. The standard InChI is InChI=1S/C24H46NO10P/c1-2-3-4-5-6-7-8-9-10-11-12-13-14-15-16(26)17(25)20(29)23(32)21(30)18(27)19(28)22(31)24(23,33)36(34)35/h14-22,26-33H,2-13,25H2,1H3/b15-14+/t16-,17+,18?,19?,20?,21?,22?,23?,24?/m1/s1. The highest BCUT2D eigenvalue weighted by atomic mass is 31.1. The minimum atomic E-state index is -4.20. The van der Waals surface area contributed by atoms with Gasteiger partial charge in [0.05, 0.1) is 12.1 Å². The first-order valence-electron chi connectivity index (χ1n) is 13.0. The molecule has 0 radical (unpaired) electrons. The highest BCUT2D eigenvalue weighted by Gasteiger charge is 2.73. The molecule has 0 aliphatic heterocycles. The minimum Gasteiger partial charge on any atom is -0.388 e. The first-order valence-corrected chi connectivity index (χ1v) is 14.2. The van der Waals surface area contributed by atoms with Crippen LogP contribution in [0.3, 0.4) is 0 Å². The molecule has 0 bridgehead atoms. The molecular formula is C24H46NO10P. The summed E-state index contributed by atoms with van der Waals surface area (Å²) in [5.41, 5.74) is 2.25. The normalized spacial score (nSPS) is 33.5. The second kappa shape index (κ2) is 15.6. The van der Waals surface area contributed by atoms with Crippen molar-refractivity contribution in [1.29, 1.82) is 0 Å². The molecule has 0 saturated heterocycles. The zero-order valence-corrected chi connectivity index (χ0v) is 22.0. The fourth-order valence-corrected chi connectivity index (χ4v) is 5.67. The molecular weight excluding hydrogens is 493 g/mol. The maximum Gasteiger partial charge on any atom is 0.354 e. The van der Waals surface area contributed by atoms with Crippen molar-refractivity contribution in [2.75, 3.05) is 0 Å². The zero-order chi connectivity index (χ0) is 27.5. The van der Waals surface area contributed by atoms with Gasteiger partial charge in [-0.1, -0.05) is 83.3 Å². The Labute approximate surface area is 213 Å². The van der Waals surface area contributed by atoms with Crippen LogP contribution in [-0.4, -0.2) is 94.5 Å². The molecule has 0 heterocycles. The van der Waals surface area contributed by atoms with Crippen LogP contribution in [0.1, 0.15) is 84.0 Å². The molecule has 12 heteroatoms. The molecule has 10 N–H and O–H groups in total. The monoisotopic (exact) mass is 539 g/mol. The van der Waals surface area contributed by atoms with Crippen molar-refractivity contribution in [3.8, 4) is 0 Å². The molecule has 11 nitrogen and oxygen atoms in total. The molecule has 1 rings (SSSR count). The van der Waals surface area contributed by atoms with Gasteiger partial charge in [-0.05, 0) is 12.8 Å². The number of rotatable bonds is 17. The molecule has 0 aromatic carbocycles. The minimum absolute atomic E-state index is 0.601. The van der Waals surface area contributed by atoms with Crippen LogP contribution in [0, 0.1) is 0 Å². The first kappa shape index (κ1) is 33.3. The number of aliphatic hydroxyl groups is 8. The number of hydrogen-bond donors (Lipinski definition) is 9. The third kappa shape index (κ3) is 7.66. The van der Waals surface area contributed by atoms with Gasteiger partial charge in [-0.3, -0.25) is 0 Å². The lowest BCUT2D eigenvalue weighted by Crippen LogP contribution is -2.81. The predicted octanol–water partition coefficient (Wildman–Crippen LogP) is 0.343. The second-order valence-electron chi connectivity index (χ2n) is 9.94. The molecule has 1 aliphatic rings. The van der Waals surface area contributed by atoms with Gasteiger partial charge in [0.1, 0.15) is 30.5 Å². The molecule has 1 aliphatic carbocycles. The van der Waals surface area contributed by atoms with Crippen LogP contribution in [0.4, 0.5) is 0 Å².